The molecule has 4 nitrogen and oxygen atoms in total. The lowest BCUT2D eigenvalue weighted by molar-refractivity contribution is -0.275. The summed E-state index contributed by atoms with van der Waals surface area (Å²) in [6.45, 7) is -0.00408. The van der Waals surface area contributed by atoms with E-state index in [1.54, 1.807) is 30.3 Å². The highest BCUT2D eigenvalue weighted by atomic mass is 19.4. The summed E-state index contributed by atoms with van der Waals surface area (Å²) in [6, 6.07) is 17.1. The number of halogens is 9. The van der Waals surface area contributed by atoms with Crippen molar-refractivity contribution in [2.24, 2.45) is 5.92 Å². The normalized spacial score (nSPS) is 13.4. The summed E-state index contributed by atoms with van der Waals surface area (Å²) in [7, 11) is 0. The second-order valence-corrected chi connectivity index (χ2v) is 8.88. The second-order valence-electron chi connectivity index (χ2n) is 8.88. The van der Waals surface area contributed by atoms with E-state index in [2.05, 4.69) is 14.8 Å². The largest absolute Gasteiger partial charge is 0.573 e. The number of rotatable bonds is 9. The molecule has 0 aliphatic carbocycles. The predicted molar refractivity (Wildman–Crippen MR) is 125 cm³/mol. The Kier molecular flexibility index (Phi) is 8.95. The number of benzene rings is 3. The van der Waals surface area contributed by atoms with Crippen molar-refractivity contribution in [3.05, 3.63) is 95.6 Å². The zero-order valence-corrected chi connectivity index (χ0v) is 20.6. The van der Waals surface area contributed by atoms with E-state index in [9.17, 15) is 44.3 Å². The van der Waals surface area contributed by atoms with Crippen LogP contribution in [0.5, 0.6) is 11.5 Å². The molecule has 1 N–H and O–H groups in total. The minimum absolute atomic E-state index is 0.0159. The topological polar surface area (TPSA) is 47.6 Å². The third-order valence-electron chi connectivity index (χ3n) is 6.04. The van der Waals surface area contributed by atoms with E-state index in [1.807, 2.05) is 0 Å². The molecule has 0 heterocycles. The predicted octanol–water partition coefficient (Wildman–Crippen LogP) is 7.33. The first-order valence-corrected chi connectivity index (χ1v) is 11.6. The molecule has 0 aromatic heterocycles. The Balaban J connectivity index is 2.23. The first-order chi connectivity index (χ1) is 18.5. The summed E-state index contributed by atoms with van der Waals surface area (Å²) in [5, 5.41) is 2.20. The van der Waals surface area contributed by atoms with Gasteiger partial charge >= 0.3 is 18.9 Å². The number of nitrogens with one attached hydrogen (secondary N) is 1. The summed E-state index contributed by atoms with van der Waals surface area (Å²) in [4.78, 5) is 12.5. The molecule has 0 bridgehead atoms. The van der Waals surface area contributed by atoms with Gasteiger partial charge in [-0.05, 0) is 54.3 Å². The van der Waals surface area contributed by atoms with Gasteiger partial charge in [0.05, 0.1) is 0 Å². The van der Waals surface area contributed by atoms with E-state index in [0.29, 0.717) is 12.5 Å². The third kappa shape index (κ3) is 8.30. The molecule has 216 valence electrons. The van der Waals surface area contributed by atoms with Crippen LogP contribution in [0.25, 0.3) is 0 Å². The minimum Gasteiger partial charge on any atom is -0.406 e. The number of carbonyl (C=O) groups is 1. The van der Waals surface area contributed by atoms with Crippen molar-refractivity contribution in [3.63, 3.8) is 0 Å². The lowest BCUT2D eigenvalue weighted by Crippen LogP contribution is -2.47. The van der Waals surface area contributed by atoms with E-state index >= 15 is 0 Å². The lowest BCUT2D eigenvalue weighted by Gasteiger charge is -2.36. The molecule has 3 aromatic carbocycles. The summed E-state index contributed by atoms with van der Waals surface area (Å²) in [5.41, 5.74) is -1.13. The molecule has 13 heteroatoms. The molecule has 0 radical (unpaired) electrons. The maximum atomic E-state index is 13.2. The smallest absolute Gasteiger partial charge is 0.406 e. The van der Waals surface area contributed by atoms with Gasteiger partial charge in [-0.2, -0.15) is 13.2 Å². The average molecular weight is 579 g/mol. The monoisotopic (exact) mass is 579 g/mol. The summed E-state index contributed by atoms with van der Waals surface area (Å²) >= 11 is 0. The number of hydrogen-bond donors (Lipinski definition) is 1. The molecular formula is C27H22F9NO3. The Labute approximate surface area is 222 Å². The third-order valence-corrected chi connectivity index (χ3v) is 6.04. The number of hydrogen-bond acceptors (Lipinski definition) is 3. The van der Waals surface area contributed by atoms with Gasteiger partial charge in [0.15, 0.2) is 0 Å². The van der Waals surface area contributed by atoms with Crippen LogP contribution >= 0.6 is 0 Å². The van der Waals surface area contributed by atoms with Crippen LogP contribution < -0.4 is 14.8 Å². The molecule has 0 unspecified atom stereocenters. The van der Waals surface area contributed by atoms with Crippen LogP contribution in [-0.4, -0.2) is 31.4 Å². The van der Waals surface area contributed by atoms with Crippen LogP contribution in [0, 0.1) is 5.92 Å². The molecule has 1 amide bonds. The zero-order chi connectivity index (χ0) is 29.8. The molecule has 0 aliphatic heterocycles. The van der Waals surface area contributed by atoms with Gasteiger partial charge in [0.1, 0.15) is 17.4 Å². The maximum Gasteiger partial charge on any atom is 0.573 e. The summed E-state index contributed by atoms with van der Waals surface area (Å²) in [6.07, 6.45) is -15.2. The summed E-state index contributed by atoms with van der Waals surface area (Å²) < 4.78 is 126. The quantitative estimate of drug-likeness (QED) is 0.270. The SMILES string of the molecule is C[C@@H](C(=O)NCC(Cc1ccccc1)(c1cccc(OC(F)(F)F)c1)c1cccc(OC(F)(F)F)c1)C(F)(F)F. The number of ether oxygens (including phenoxy) is 2. The van der Waals surface area contributed by atoms with Crippen molar-refractivity contribution < 1.29 is 53.8 Å². The molecular weight excluding hydrogens is 557 g/mol. The van der Waals surface area contributed by atoms with E-state index in [1.165, 1.54) is 24.3 Å². The minimum atomic E-state index is -5.09. The van der Waals surface area contributed by atoms with Gasteiger partial charge in [-0.15, -0.1) is 26.3 Å². The van der Waals surface area contributed by atoms with Crippen molar-refractivity contribution in [2.75, 3.05) is 6.54 Å². The van der Waals surface area contributed by atoms with E-state index in [0.717, 1.165) is 24.3 Å². The Morgan fingerprint density at radius 3 is 1.62 bits per heavy atom. The number of carbonyl (C=O) groups excluding carboxylic acids is 1. The van der Waals surface area contributed by atoms with Crippen LogP contribution in [0.4, 0.5) is 39.5 Å². The Bertz CT molecular complexity index is 1230. The van der Waals surface area contributed by atoms with Gasteiger partial charge in [0.25, 0.3) is 0 Å². The molecule has 0 spiro atoms. The molecule has 1 atom stereocenters. The highest BCUT2D eigenvalue weighted by Crippen LogP contribution is 2.40. The Hall–Kier alpha value is -3.90. The van der Waals surface area contributed by atoms with Crippen LogP contribution in [0.2, 0.25) is 0 Å². The van der Waals surface area contributed by atoms with E-state index in [4.69, 9.17) is 0 Å². The van der Waals surface area contributed by atoms with Crippen molar-refractivity contribution in [3.8, 4) is 11.5 Å². The van der Waals surface area contributed by atoms with Gasteiger partial charge in [0.2, 0.25) is 5.91 Å². The fourth-order valence-corrected chi connectivity index (χ4v) is 4.10. The number of amides is 1. The highest BCUT2D eigenvalue weighted by Gasteiger charge is 2.43. The highest BCUT2D eigenvalue weighted by molar-refractivity contribution is 5.79. The zero-order valence-electron chi connectivity index (χ0n) is 20.6. The molecule has 3 aromatic rings. The molecule has 40 heavy (non-hydrogen) atoms. The molecule has 0 fully saturated rings. The second kappa shape index (κ2) is 11.7. The fourth-order valence-electron chi connectivity index (χ4n) is 4.10. The lowest BCUT2D eigenvalue weighted by atomic mass is 9.70. The average Bonchev–Trinajstić information content (AvgIpc) is 2.84. The van der Waals surface area contributed by atoms with Crippen LogP contribution in [0.1, 0.15) is 23.6 Å². The van der Waals surface area contributed by atoms with Gasteiger partial charge in [-0.3, -0.25) is 4.79 Å². The summed E-state index contributed by atoms with van der Waals surface area (Å²) in [5.74, 6) is -5.24. The maximum absolute atomic E-state index is 13.2. The molecule has 0 aliphatic rings. The van der Waals surface area contributed by atoms with Crippen LogP contribution in [-0.2, 0) is 16.6 Å². The van der Waals surface area contributed by atoms with Gasteiger partial charge < -0.3 is 14.8 Å². The van der Waals surface area contributed by atoms with Gasteiger partial charge in [-0.1, -0.05) is 54.6 Å². The first kappa shape index (κ1) is 30.6. The van der Waals surface area contributed by atoms with Crippen molar-refractivity contribution in [1.82, 2.24) is 5.32 Å². The first-order valence-electron chi connectivity index (χ1n) is 11.6. The van der Waals surface area contributed by atoms with Crippen LogP contribution in [0.3, 0.4) is 0 Å². The standard InChI is InChI=1S/C27H22F9NO3/c1-17(25(28,29)30)23(38)37-16-24(15-18-7-3-2-4-8-18,19-9-5-11-21(13-19)39-26(31,32)33)20-10-6-12-22(14-20)40-27(34,35)36/h2-14,17H,15-16H2,1H3,(H,37,38)/t17-/m0/s1. The fraction of sp³-hybridized carbons (Fsp3) is 0.296. The van der Waals surface area contributed by atoms with E-state index < -0.39 is 54.2 Å². The Morgan fingerprint density at radius 2 is 1.20 bits per heavy atom. The van der Waals surface area contributed by atoms with Gasteiger partial charge in [-0.25, -0.2) is 0 Å². The van der Waals surface area contributed by atoms with E-state index in [-0.39, 0.29) is 17.5 Å². The molecule has 0 saturated carbocycles. The van der Waals surface area contributed by atoms with Crippen LogP contribution in [0.15, 0.2) is 78.9 Å². The number of alkyl halides is 9. The van der Waals surface area contributed by atoms with Crippen molar-refractivity contribution in [2.45, 2.75) is 37.7 Å². The van der Waals surface area contributed by atoms with Crippen molar-refractivity contribution >= 4 is 5.91 Å². The van der Waals surface area contributed by atoms with Gasteiger partial charge in [0, 0.05) is 12.0 Å². The molecule has 0 saturated heterocycles. The molecule has 3 rings (SSSR count). The Morgan fingerprint density at radius 1 is 0.725 bits per heavy atom. The van der Waals surface area contributed by atoms with Crippen molar-refractivity contribution in [1.29, 1.82) is 0 Å².